The Morgan fingerprint density at radius 1 is 1.38 bits per heavy atom. The van der Waals surface area contributed by atoms with Crippen molar-refractivity contribution in [2.24, 2.45) is 0 Å². The van der Waals surface area contributed by atoms with Gasteiger partial charge in [-0.05, 0) is 12.5 Å². The van der Waals surface area contributed by atoms with E-state index in [9.17, 15) is 4.79 Å². The van der Waals surface area contributed by atoms with Crippen LogP contribution in [0.1, 0.15) is 13.3 Å². The second-order valence-electron chi connectivity index (χ2n) is 2.44. The Hall–Kier alpha value is -0.870. The molecular formula is C9H16O4. The van der Waals surface area contributed by atoms with E-state index in [1.807, 2.05) is 0 Å². The van der Waals surface area contributed by atoms with Gasteiger partial charge in [0.1, 0.15) is 0 Å². The molecule has 0 aliphatic heterocycles. The van der Waals surface area contributed by atoms with Gasteiger partial charge in [0.25, 0.3) is 0 Å². The number of esters is 1. The fraction of sp³-hybridized carbons (Fsp3) is 0.667. The van der Waals surface area contributed by atoms with Gasteiger partial charge in [-0.3, -0.25) is 4.79 Å². The van der Waals surface area contributed by atoms with Crippen LogP contribution in [0.2, 0.25) is 0 Å². The van der Waals surface area contributed by atoms with E-state index in [1.54, 1.807) is 6.92 Å². The second kappa shape index (κ2) is 6.62. The lowest BCUT2D eigenvalue weighted by molar-refractivity contribution is -0.143. The lowest BCUT2D eigenvalue weighted by Crippen LogP contribution is -2.18. The summed E-state index contributed by atoms with van der Waals surface area (Å²) in [5.41, 5.74) is 0.559. The molecule has 0 aliphatic carbocycles. The Kier molecular flexibility index (Phi) is 6.18. The molecule has 0 aromatic heterocycles. The average Bonchev–Trinajstić information content (AvgIpc) is 2.06. The molecule has 0 aliphatic rings. The van der Waals surface area contributed by atoms with E-state index in [-0.39, 0.29) is 12.4 Å². The number of methoxy groups -OCH3 is 2. The summed E-state index contributed by atoms with van der Waals surface area (Å²) in [6, 6.07) is 0. The first-order valence-electron chi connectivity index (χ1n) is 4.04. The molecular weight excluding hydrogens is 172 g/mol. The van der Waals surface area contributed by atoms with Crippen LogP contribution in [-0.2, 0) is 19.0 Å². The summed E-state index contributed by atoms with van der Waals surface area (Å²) in [6.45, 7) is 5.79. The summed E-state index contributed by atoms with van der Waals surface area (Å²) in [7, 11) is 2.98. The quantitative estimate of drug-likeness (QED) is 0.356. The fourth-order valence-electron chi connectivity index (χ4n) is 0.910. The molecule has 0 aromatic carbocycles. The molecule has 76 valence electrons. The summed E-state index contributed by atoms with van der Waals surface area (Å²) < 4.78 is 14.6. The van der Waals surface area contributed by atoms with Crippen LogP contribution in [0.15, 0.2) is 12.2 Å². The minimum atomic E-state index is -0.538. The van der Waals surface area contributed by atoms with Crippen LogP contribution in [0.3, 0.4) is 0 Å². The van der Waals surface area contributed by atoms with Crippen LogP contribution in [0.5, 0.6) is 0 Å². The maximum absolute atomic E-state index is 11.0. The van der Waals surface area contributed by atoms with Gasteiger partial charge in [0.05, 0.1) is 13.0 Å². The van der Waals surface area contributed by atoms with E-state index in [2.05, 4.69) is 6.58 Å². The molecule has 13 heavy (non-hydrogen) atoms. The lowest BCUT2D eigenvalue weighted by Gasteiger charge is -2.15. The van der Waals surface area contributed by atoms with Gasteiger partial charge in [-0.1, -0.05) is 6.58 Å². The minimum Gasteiger partial charge on any atom is -0.466 e. The van der Waals surface area contributed by atoms with Crippen molar-refractivity contribution in [3.63, 3.8) is 0 Å². The Balaban J connectivity index is 3.90. The van der Waals surface area contributed by atoms with E-state index < -0.39 is 6.29 Å². The van der Waals surface area contributed by atoms with Crippen molar-refractivity contribution in [3.05, 3.63) is 12.2 Å². The maximum Gasteiger partial charge on any atom is 0.310 e. The summed E-state index contributed by atoms with van der Waals surface area (Å²) in [6.07, 6.45) is -0.412. The molecule has 0 aromatic rings. The molecule has 0 fully saturated rings. The molecule has 0 heterocycles. The van der Waals surface area contributed by atoms with Gasteiger partial charge in [0.15, 0.2) is 6.29 Å². The summed E-state index contributed by atoms with van der Waals surface area (Å²) in [5.74, 6) is -0.313. The molecule has 4 nitrogen and oxygen atoms in total. The predicted molar refractivity (Wildman–Crippen MR) is 48.2 cm³/mol. The number of carbonyl (C=O) groups is 1. The van der Waals surface area contributed by atoms with Crippen molar-refractivity contribution in [3.8, 4) is 0 Å². The molecule has 0 spiro atoms. The van der Waals surface area contributed by atoms with Crippen molar-refractivity contribution in [1.82, 2.24) is 0 Å². The zero-order valence-electron chi connectivity index (χ0n) is 8.33. The Bertz CT molecular complexity index is 172. The van der Waals surface area contributed by atoms with Gasteiger partial charge in [-0.2, -0.15) is 0 Å². The average molecular weight is 188 g/mol. The van der Waals surface area contributed by atoms with E-state index in [4.69, 9.17) is 14.2 Å². The maximum atomic E-state index is 11.0. The van der Waals surface area contributed by atoms with Crippen LogP contribution in [0.4, 0.5) is 0 Å². The van der Waals surface area contributed by atoms with E-state index in [0.29, 0.717) is 12.2 Å². The molecule has 0 radical (unpaired) electrons. The largest absolute Gasteiger partial charge is 0.466 e. The summed E-state index contributed by atoms with van der Waals surface area (Å²) in [4.78, 5) is 11.0. The van der Waals surface area contributed by atoms with E-state index >= 15 is 0 Å². The standard InChI is InChI=1S/C9H16O4/c1-5-13-8(10)6-7(2)9(11-3)12-4/h9H,2,5-6H2,1,3-4H3. The van der Waals surface area contributed by atoms with Crippen LogP contribution >= 0.6 is 0 Å². The third-order valence-electron chi connectivity index (χ3n) is 1.44. The van der Waals surface area contributed by atoms with Crippen molar-refractivity contribution in [2.75, 3.05) is 20.8 Å². The van der Waals surface area contributed by atoms with Crippen molar-refractivity contribution < 1.29 is 19.0 Å². The molecule has 0 unspecified atom stereocenters. The van der Waals surface area contributed by atoms with Crippen LogP contribution in [-0.4, -0.2) is 33.1 Å². The van der Waals surface area contributed by atoms with E-state index in [1.165, 1.54) is 14.2 Å². The Morgan fingerprint density at radius 2 is 1.92 bits per heavy atom. The van der Waals surface area contributed by atoms with Gasteiger partial charge < -0.3 is 14.2 Å². The first-order valence-corrected chi connectivity index (χ1v) is 4.04. The number of ether oxygens (including phenoxy) is 3. The zero-order chi connectivity index (χ0) is 10.3. The highest BCUT2D eigenvalue weighted by atomic mass is 16.7. The van der Waals surface area contributed by atoms with Crippen molar-refractivity contribution in [1.29, 1.82) is 0 Å². The van der Waals surface area contributed by atoms with Gasteiger partial charge in [0.2, 0.25) is 0 Å². The molecule has 4 heteroatoms. The second-order valence-corrected chi connectivity index (χ2v) is 2.44. The number of hydrogen-bond donors (Lipinski definition) is 0. The van der Waals surface area contributed by atoms with Crippen molar-refractivity contribution >= 4 is 5.97 Å². The van der Waals surface area contributed by atoms with Crippen LogP contribution in [0, 0.1) is 0 Å². The normalized spacial score (nSPS) is 10.2. The molecule has 0 atom stereocenters. The number of carbonyl (C=O) groups excluding carboxylic acids is 1. The van der Waals surface area contributed by atoms with Gasteiger partial charge in [-0.15, -0.1) is 0 Å². The third kappa shape index (κ3) is 4.65. The van der Waals surface area contributed by atoms with Crippen molar-refractivity contribution in [2.45, 2.75) is 19.6 Å². The fourth-order valence-corrected chi connectivity index (χ4v) is 0.910. The molecule has 0 amide bonds. The molecule has 0 N–H and O–H groups in total. The predicted octanol–water partition coefficient (Wildman–Crippen LogP) is 1.11. The van der Waals surface area contributed by atoms with Gasteiger partial charge in [0, 0.05) is 14.2 Å². The van der Waals surface area contributed by atoms with Crippen LogP contribution in [0.25, 0.3) is 0 Å². The lowest BCUT2D eigenvalue weighted by atomic mass is 10.2. The molecule has 0 saturated carbocycles. The molecule has 0 rings (SSSR count). The smallest absolute Gasteiger partial charge is 0.310 e. The highest BCUT2D eigenvalue weighted by Crippen LogP contribution is 2.09. The Morgan fingerprint density at radius 3 is 2.31 bits per heavy atom. The highest BCUT2D eigenvalue weighted by molar-refractivity contribution is 5.72. The monoisotopic (exact) mass is 188 g/mol. The van der Waals surface area contributed by atoms with E-state index in [0.717, 1.165) is 0 Å². The summed E-state index contributed by atoms with van der Waals surface area (Å²) >= 11 is 0. The molecule has 0 bridgehead atoms. The van der Waals surface area contributed by atoms with Gasteiger partial charge in [-0.25, -0.2) is 0 Å². The molecule has 0 saturated heterocycles. The first kappa shape index (κ1) is 12.1. The minimum absolute atomic E-state index is 0.125. The first-order chi connectivity index (χ1) is 6.15. The SMILES string of the molecule is C=C(CC(=O)OCC)C(OC)OC. The Labute approximate surface area is 78.5 Å². The highest BCUT2D eigenvalue weighted by Gasteiger charge is 2.14. The zero-order valence-corrected chi connectivity index (χ0v) is 8.33. The van der Waals surface area contributed by atoms with Gasteiger partial charge >= 0.3 is 5.97 Å². The topological polar surface area (TPSA) is 44.8 Å². The number of hydrogen-bond acceptors (Lipinski definition) is 4. The third-order valence-corrected chi connectivity index (χ3v) is 1.44. The summed E-state index contributed by atoms with van der Waals surface area (Å²) in [5, 5.41) is 0. The van der Waals surface area contributed by atoms with Crippen LogP contribution < -0.4 is 0 Å². The number of rotatable bonds is 6.